The first-order chi connectivity index (χ1) is 15.7. The Balaban J connectivity index is 1.55. The van der Waals surface area contributed by atoms with E-state index in [-0.39, 0.29) is 0 Å². The summed E-state index contributed by atoms with van der Waals surface area (Å²) < 4.78 is 5.60. The molecule has 3 aromatic rings. The molecule has 7 heteroatoms. The van der Waals surface area contributed by atoms with Crippen LogP contribution in [0.4, 0.5) is 11.4 Å². The lowest BCUT2D eigenvalue weighted by Crippen LogP contribution is -2.54. The molecule has 0 bridgehead atoms. The van der Waals surface area contributed by atoms with Gasteiger partial charge >= 0.3 is 0 Å². The van der Waals surface area contributed by atoms with Crippen LogP contribution in [-0.2, 0) is 4.74 Å². The van der Waals surface area contributed by atoms with Gasteiger partial charge in [0.2, 0.25) is 0 Å². The van der Waals surface area contributed by atoms with E-state index in [2.05, 4.69) is 62.6 Å². The Morgan fingerprint density at radius 2 is 1.97 bits per heavy atom. The van der Waals surface area contributed by atoms with Crippen molar-refractivity contribution in [2.45, 2.75) is 13.3 Å². The average molecular weight is 429 g/mol. The molecular weight excluding hydrogens is 400 g/mol. The Kier molecular flexibility index (Phi) is 4.60. The highest BCUT2D eigenvalue weighted by Gasteiger charge is 2.43. The highest BCUT2D eigenvalue weighted by Crippen LogP contribution is 2.43. The standard InChI is InChI=1S/C25H28N6O/c1-17-2-3-22-21(13-28-29-22)24(17)19-10-18(30-6-8-32-9-7-30)11-23(20(19)12-26)31-5-4-25(16-31)14-27-15-25/h2-3,10-11,13,27H,4-9,14-16H2,1H3,(H,28,29). The molecule has 3 fully saturated rings. The van der Waals surface area contributed by atoms with Crippen LogP contribution in [0.1, 0.15) is 17.5 Å². The SMILES string of the molecule is Cc1ccc2[nH]ncc2c1-c1cc(N2CCOCC2)cc(N2CCC3(CNC3)C2)c1C#N. The van der Waals surface area contributed by atoms with Crippen molar-refractivity contribution < 1.29 is 4.74 Å². The maximum atomic E-state index is 10.4. The average Bonchev–Trinajstić information content (AvgIpc) is 3.46. The van der Waals surface area contributed by atoms with Crippen molar-refractivity contribution in [1.29, 1.82) is 5.26 Å². The summed E-state index contributed by atoms with van der Waals surface area (Å²) >= 11 is 0. The third-order valence-electron chi connectivity index (χ3n) is 7.47. The number of morpholine rings is 1. The molecule has 4 heterocycles. The van der Waals surface area contributed by atoms with Crippen molar-refractivity contribution in [2.24, 2.45) is 5.41 Å². The first-order valence-electron chi connectivity index (χ1n) is 11.5. The van der Waals surface area contributed by atoms with Gasteiger partial charge in [-0.05, 0) is 42.7 Å². The molecule has 3 saturated heterocycles. The largest absolute Gasteiger partial charge is 0.378 e. The summed E-state index contributed by atoms with van der Waals surface area (Å²) in [6.45, 7) is 9.49. The van der Waals surface area contributed by atoms with Crippen LogP contribution in [0.25, 0.3) is 22.0 Å². The third kappa shape index (κ3) is 3.06. The number of H-pyrrole nitrogens is 1. The molecule has 1 aromatic heterocycles. The van der Waals surface area contributed by atoms with Crippen molar-refractivity contribution in [3.63, 3.8) is 0 Å². The van der Waals surface area contributed by atoms with Crippen LogP contribution in [0, 0.1) is 23.7 Å². The molecule has 3 aliphatic heterocycles. The van der Waals surface area contributed by atoms with E-state index < -0.39 is 0 Å². The Hall–Kier alpha value is -3.08. The molecule has 6 rings (SSSR count). The van der Waals surface area contributed by atoms with Crippen LogP contribution in [0.3, 0.4) is 0 Å². The van der Waals surface area contributed by atoms with Crippen LogP contribution in [0.5, 0.6) is 0 Å². The Morgan fingerprint density at radius 3 is 2.69 bits per heavy atom. The quantitative estimate of drug-likeness (QED) is 0.668. The highest BCUT2D eigenvalue weighted by molar-refractivity contribution is 5.99. The van der Waals surface area contributed by atoms with Gasteiger partial charge in [0.05, 0.1) is 36.2 Å². The fourth-order valence-corrected chi connectivity index (χ4v) is 5.57. The van der Waals surface area contributed by atoms with E-state index in [1.165, 1.54) is 12.1 Å². The van der Waals surface area contributed by atoms with Gasteiger partial charge in [-0.2, -0.15) is 10.4 Å². The van der Waals surface area contributed by atoms with Crippen molar-refractivity contribution in [3.05, 3.63) is 41.6 Å². The second-order valence-electron chi connectivity index (χ2n) is 9.46. The van der Waals surface area contributed by atoms with E-state index in [4.69, 9.17) is 4.74 Å². The predicted molar refractivity (Wildman–Crippen MR) is 126 cm³/mol. The van der Waals surface area contributed by atoms with Gasteiger partial charge in [0.15, 0.2) is 0 Å². The molecule has 0 atom stereocenters. The van der Waals surface area contributed by atoms with E-state index in [9.17, 15) is 5.26 Å². The van der Waals surface area contributed by atoms with Gasteiger partial charge < -0.3 is 19.9 Å². The zero-order valence-corrected chi connectivity index (χ0v) is 18.4. The van der Waals surface area contributed by atoms with E-state index in [0.717, 1.165) is 91.3 Å². The Bertz CT molecular complexity index is 1220. The van der Waals surface area contributed by atoms with Crippen molar-refractivity contribution >= 4 is 22.3 Å². The summed E-state index contributed by atoms with van der Waals surface area (Å²) in [6.07, 6.45) is 3.06. The number of nitrogens with one attached hydrogen (secondary N) is 2. The number of rotatable bonds is 3. The zero-order valence-electron chi connectivity index (χ0n) is 18.4. The highest BCUT2D eigenvalue weighted by atomic mass is 16.5. The fraction of sp³-hybridized carbons (Fsp3) is 0.440. The maximum Gasteiger partial charge on any atom is 0.102 e. The van der Waals surface area contributed by atoms with Crippen LogP contribution in [0.2, 0.25) is 0 Å². The van der Waals surface area contributed by atoms with E-state index in [1.807, 2.05) is 6.20 Å². The summed E-state index contributed by atoms with van der Waals surface area (Å²) in [7, 11) is 0. The summed E-state index contributed by atoms with van der Waals surface area (Å²) in [4.78, 5) is 4.83. The van der Waals surface area contributed by atoms with Gasteiger partial charge in [0, 0.05) is 61.3 Å². The molecule has 7 nitrogen and oxygen atoms in total. The molecule has 0 unspecified atom stereocenters. The van der Waals surface area contributed by atoms with Gasteiger partial charge in [-0.3, -0.25) is 5.10 Å². The van der Waals surface area contributed by atoms with E-state index >= 15 is 0 Å². The molecule has 3 aliphatic rings. The van der Waals surface area contributed by atoms with Crippen molar-refractivity contribution in [3.8, 4) is 17.2 Å². The second-order valence-corrected chi connectivity index (χ2v) is 9.46. The molecule has 2 aromatic carbocycles. The molecule has 0 aliphatic carbocycles. The first-order valence-corrected chi connectivity index (χ1v) is 11.5. The molecule has 0 amide bonds. The normalized spacial score (nSPS) is 20.0. The third-order valence-corrected chi connectivity index (χ3v) is 7.47. The van der Waals surface area contributed by atoms with Crippen molar-refractivity contribution in [2.75, 3.05) is 62.3 Å². The molecule has 2 N–H and O–H groups in total. The summed E-state index contributed by atoms with van der Waals surface area (Å²) in [5.41, 5.74) is 7.62. The lowest BCUT2D eigenvalue weighted by molar-refractivity contribution is 0.122. The molecule has 0 radical (unpaired) electrons. The minimum absolute atomic E-state index is 0.363. The zero-order chi connectivity index (χ0) is 21.7. The number of hydrogen-bond acceptors (Lipinski definition) is 6. The number of nitrogens with zero attached hydrogens (tertiary/aromatic N) is 4. The van der Waals surface area contributed by atoms with Crippen LogP contribution in [-0.4, -0.2) is 62.7 Å². The van der Waals surface area contributed by atoms with Gasteiger partial charge in [0.1, 0.15) is 6.07 Å². The number of hydrogen-bond donors (Lipinski definition) is 2. The number of fused-ring (bicyclic) bond motifs is 1. The number of aromatic amines is 1. The molecule has 32 heavy (non-hydrogen) atoms. The number of aryl methyl sites for hydroxylation is 1. The van der Waals surface area contributed by atoms with Gasteiger partial charge in [-0.25, -0.2) is 0 Å². The molecular formula is C25H28N6O. The van der Waals surface area contributed by atoms with E-state index in [1.54, 1.807) is 0 Å². The van der Waals surface area contributed by atoms with Crippen LogP contribution < -0.4 is 15.1 Å². The smallest absolute Gasteiger partial charge is 0.102 e. The summed E-state index contributed by atoms with van der Waals surface area (Å²) in [5, 5.41) is 22.3. The van der Waals surface area contributed by atoms with E-state index in [0.29, 0.717) is 5.41 Å². The van der Waals surface area contributed by atoms with Gasteiger partial charge in [-0.1, -0.05) is 6.07 Å². The van der Waals surface area contributed by atoms with Gasteiger partial charge in [0.25, 0.3) is 0 Å². The number of nitriles is 1. The van der Waals surface area contributed by atoms with Crippen molar-refractivity contribution in [1.82, 2.24) is 15.5 Å². The molecule has 164 valence electrons. The fourth-order valence-electron chi connectivity index (χ4n) is 5.57. The van der Waals surface area contributed by atoms with Gasteiger partial charge in [-0.15, -0.1) is 0 Å². The minimum atomic E-state index is 0.363. The summed E-state index contributed by atoms with van der Waals surface area (Å²) in [6, 6.07) is 11.2. The molecule has 0 saturated carbocycles. The number of anilines is 2. The topological polar surface area (TPSA) is 80.2 Å². The number of benzene rings is 2. The Labute approximate surface area is 188 Å². The maximum absolute atomic E-state index is 10.4. The Morgan fingerprint density at radius 1 is 1.12 bits per heavy atom. The van der Waals surface area contributed by atoms with Crippen LogP contribution in [0.15, 0.2) is 30.5 Å². The lowest BCUT2D eigenvalue weighted by atomic mass is 9.81. The summed E-state index contributed by atoms with van der Waals surface area (Å²) in [5.74, 6) is 0. The molecule has 1 spiro atoms. The second kappa shape index (κ2) is 7.51. The predicted octanol–water partition coefficient (Wildman–Crippen LogP) is 3.05. The monoisotopic (exact) mass is 428 g/mol. The lowest BCUT2D eigenvalue weighted by Gasteiger charge is -2.39. The first kappa shape index (κ1) is 19.6. The number of ether oxygens (including phenoxy) is 1. The minimum Gasteiger partial charge on any atom is -0.378 e. The number of aromatic nitrogens is 2. The van der Waals surface area contributed by atoms with Crippen LogP contribution >= 0.6 is 0 Å².